The van der Waals surface area contributed by atoms with Gasteiger partial charge >= 0.3 is 0 Å². The lowest BCUT2D eigenvalue weighted by atomic mass is 9.82. The molecule has 2 aliphatic heterocycles. The summed E-state index contributed by atoms with van der Waals surface area (Å²) < 4.78 is 6.26. The number of aryl methyl sites for hydroxylation is 1. The van der Waals surface area contributed by atoms with Crippen LogP contribution >= 0.6 is 11.3 Å². The molecular formula is C22H28N2O2S. The molecule has 2 aliphatic rings. The number of hydrogen-bond acceptors (Lipinski definition) is 4. The SMILES string of the molecule is Cc1ccc(NC(C)(C)C(=O)N2CCC3(CC2)OCCc2sccc23)cc1. The predicted octanol–water partition coefficient (Wildman–Crippen LogP) is 4.34. The molecule has 0 aliphatic carbocycles. The molecule has 0 radical (unpaired) electrons. The van der Waals surface area contributed by atoms with Crippen molar-refractivity contribution in [3.63, 3.8) is 0 Å². The van der Waals surface area contributed by atoms with Gasteiger partial charge in [0, 0.05) is 30.1 Å². The number of carbonyl (C=O) groups excluding carboxylic acids is 1. The Balaban J connectivity index is 1.43. The van der Waals surface area contributed by atoms with E-state index in [1.807, 2.05) is 42.2 Å². The highest BCUT2D eigenvalue weighted by Gasteiger charge is 2.44. The highest BCUT2D eigenvalue weighted by molar-refractivity contribution is 7.10. The number of carbonyl (C=O) groups is 1. The fourth-order valence-corrected chi connectivity index (χ4v) is 5.24. The third-order valence-electron chi connectivity index (χ3n) is 5.85. The normalized spacial score (nSPS) is 19.0. The first kappa shape index (κ1) is 18.5. The first-order chi connectivity index (χ1) is 12.9. The number of nitrogens with one attached hydrogen (secondary N) is 1. The van der Waals surface area contributed by atoms with Crippen molar-refractivity contribution in [3.05, 3.63) is 51.7 Å². The molecule has 1 amide bonds. The molecule has 4 rings (SSSR count). The molecule has 0 atom stereocenters. The maximum atomic E-state index is 13.2. The van der Waals surface area contributed by atoms with Gasteiger partial charge < -0.3 is 15.0 Å². The van der Waals surface area contributed by atoms with Gasteiger partial charge in [-0.1, -0.05) is 17.7 Å². The number of thiophene rings is 1. The molecule has 1 fully saturated rings. The number of benzene rings is 1. The summed E-state index contributed by atoms with van der Waals surface area (Å²) in [6, 6.07) is 10.4. The maximum absolute atomic E-state index is 13.2. The van der Waals surface area contributed by atoms with E-state index in [1.54, 1.807) is 0 Å². The smallest absolute Gasteiger partial charge is 0.247 e. The van der Waals surface area contributed by atoms with E-state index < -0.39 is 5.54 Å². The summed E-state index contributed by atoms with van der Waals surface area (Å²) in [5, 5.41) is 5.58. The Morgan fingerprint density at radius 3 is 2.59 bits per heavy atom. The molecule has 5 heteroatoms. The van der Waals surface area contributed by atoms with Crippen LogP contribution in [0.5, 0.6) is 0 Å². The second-order valence-electron chi connectivity index (χ2n) is 8.26. The van der Waals surface area contributed by atoms with Crippen molar-refractivity contribution in [1.82, 2.24) is 4.90 Å². The van der Waals surface area contributed by atoms with Crippen molar-refractivity contribution in [3.8, 4) is 0 Å². The van der Waals surface area contributed by atoms with Crippen molar-refractivity contribution in [2.24, 2.45) is 0 Å². The molecular weight excluding hydrogens is 356 g/mol. The van der Waals surface area contributed by atoms with E-state index in [-0.39, 0.29) is 11.5 Å². The zero-order valence-electron chi connectivity index (χ0n) is 16.4. The second-order valence-corrected chi connectivity index (χ2v) is 9.26. The number of ether oxygens (including phenoxy) is 1. The second kappa shape index (κ2) is 6.95. The first-order valence-electron chi connectivity index (χ1n) is 9.75. The third-order valence-corrected chi connectivity index (χ3v) is 6.83. The Labute approximate surface area is 165 Å². The van der Waals surface area contributed by atoms with Crippen LogP contribution in [0.4, 0.5) is 5.69 Å². The monoisotopic (exact) mass is 384 g/mol. The van der Waals surface area contributed by atoms with Gasteiger partial charge in [0.15, 0.2) is 0 Å². The van der Waals surface area contributed by atoms with Crippen LogP contribution in [0, 0.1) is 6.92 Å². The third kappa shape index (κ3) is 3.50. The largest absolute Gasteiger partial charge is 0.372 e. The molecule has 27 heavy (non-hydrogen) atoms. The summed E-state index contributed by atoms with van der Waals surface area (Å²) >= 11 is 1.84. The van der Waals surface area contributed by atoms with Crippen LogP contribution < -0.4 is 5.32 Å². The molecule has 4 nitrogen and oxygen atoms in total. The predicted molar refractivity (Wildman–Crippen MR) is 110 cm³/mol. The fraction of sp³-hybridized carbons (Fsp3) is 0.500. The molecule has 0 saturated carbocycles. The highest BCUT2D eigenvalue weighted by atomic mass is 32.1. The van der Waals surface area contributed by atoms with Crippen LogP contribution in [-0.2, 0) is 21.6 Å². The Morgan fingerprint density at radius 1 is 1.19 bits per heavy atom. The van der Waals surface area contributed by atoms with Gasteiger partial charge in [0.2, 0.25) is 5.91 Å². The zero-order valence-corrected chi connectivity index (χ0v) is 17.2. The van der Waals surface area contributed by atoms with Gasteiger partial charge in [-0.25, -0.2) is 0 Å². The van der Waals surface area contributed by atoms with E-state index in [9.17, 15) is 4.79 Å². The summed E-state index contributed by atoms with van der Waals surface area (Å²) in [6.45, 7) is 8.28. The average molecular weight is 385 g/mol. The van der Waals surface area contributed by atoms with Crippen LogP contribution in [0.1, 0.15) is 42.7 Å². The molecule has 0 bridgehead atoms. The summed E-state index contributed by atoms with van der Waals surface area (Å²) in [5.74, 6) is 0.152. The van der Waals surface area contributed by atoms with E-state index in [4.69, 9.17) is 4.74 Å². The van der Waals surface area contributed by atoms with Gasteiger partial charge in [0.25, 0.3) is 0 Å². The number of nitrogens with zero attached hydrogens (tertiary/aromatic N) is 1. The lowest BCUT2D eigenvalue weighted by molar-refractivity contribution is -0.144. The minimum atomic E-state index is -0.638. The van der Waals surface area contributed by atoms with Crippen LogP contribution in [0.3, 0.4) is 0 Å². The number of hydrogen-bond donors (Lipinski definition) is 1. The molecule has 1 aromatic heterocycles. The lowest BCUT2D eigenvalue weighted by Gasteiger charge is -2.45. The highest BCUT2D eigenvalue weighted by Crippen LogP contribution is 2.43. The zero-order chi connectivity index (χ0) is 19.1. The van der Waals surface area contributed by atoms with Crippen molar-refractivity contribution in [2.45, 2.75) is 51.2 Å². The summed E-state index contributed by atoms with van der Waals surface area (Å²) in [5.41, 5.74) is 2.74. The van der Waals surface area contributed by atoms with Crippen molar-refractivity contribution in [1.29, 1.82) is 0 Å². The molecule has 1 aromatic carbocycles. The number of piperidine rings is 1. The quantitative estimate of drug-likeness (QED) is 0.856. The molecule has 1 spiro atoms. The topological polar surface area (TPSA) is 41.6 Å². The van der Waals surface area contributed by atoms with E-state index in [0.29, 0.717) is 0 Å². The molecule has 1 saturated heterocycles. The number of amides is 1. The van der Waals surface area contributed by atoms with Gasteiger partial charge in [-0.05, 0) is 62.8 Å². The summed E-state index contributed by atoms with van der Waals surface area (Å²) in [6.07, 6.45) is 2.77. The van der Waals surface area contributed by atoms with Gasteiger partial charge in [-0.15, -0.1) is 11.3 Å². The molecule has 144 valence electrons. The molecule has 2 aromatic rings. The standard InChI is InChI=1S/C22H28N2O2S/c1-16-4-6-17(7-5-16)23-21(2,3)20(25)24-12-10-22(11-13-24)18-9-15-27-19(18)8-14-26-22/h4-7,9,15,23H,8,10-14H2,1-3H3. The van der Waals surface area contributed by atoms with Crippen molar-refractivity contribution in [2.75, 3.05) is 25.0 Å². The molecule has 3 heterocycles. The first-order valence-corrected chi connectivity index (χ1v) is 10.6. The number of fused-ring (bicyclic) bond motifs is 2. The van der Waals surface area contributed by atoms with E-state index >= 15 is 0 Å². The van der Waals surface area contributed by atoms with Crippen LogP contribution in [-0.4, -0.2) is 36.0 Å². The van der Waals surface area contributed by atoms with Gasteiger partial charge in [0.1, 0.15) is 5.54 Å². The minimum absolute atomic E-state index is 0.152. The summed E-state index contributed by atoms with van der Waals surface area (Å²) in [4.78, 5) is 16.6. The molecule has 1 N–H and O–H groups in total. The Bertz CT molecular complexity index is 817. The number of likely N-dealkylation sites (tertiary alicyclic amines) is 1. The van der Waals surface area contributed by atoms with Crippen molar-refractivity contribution < 1.29 is 9.53 Å². The Morgan fingerprint density at radius 2 is 1.89 bits per heavy atom. The minimum Gasteiger partial charge on any atom is -0.372 e. The lowest BCUT2D eigenvalue weighted by Crippen LogP contribution is -2.55. The van der Waals surface area contributed by atoms with Crippen LogP contribution in [0.2, 0.25) is 0 Å². The van der Waals surface area contributed by atoms with E-state index in [1.165, 1.54) is 16.0 Å². The van der Waals surface area contributed by atoms with Gasteiger partial charge in [-0.2, -0.15) is 0 Å². The van der Waals surface area contributed by atoms with Crippen LogP contribution in [0.25, 0.3) is 0 Å². The van der Waals surface area contributed by atoms with E-state index in [0.717, 1.165) is 44.6 Å². The number of rotatable bonds is 3. The maximum Gasteiger partial charge on any atom is 0.247 e. The number of anilines is 1. The molecule has 0 unspecified atom stereocenters. The van der Waals surface area contributed by atoms with Gasteiger partial charge in [0.05, 0.1) is 12.2 Å². The Kier molecular flexibility index (Phi) is 4.77. The average Bonchev–Trinajstić information content (AvgIpc) is 3.14. The van der Waals surface area contributed by atoms with Gasteiger partial charge in [-0.3, -0.25) is 4.79 Å². The fourth-order valence-electron chi connectivity index (χ4n) is 4.29. The Hall–Kier alpha value is -1.85. The van der Waals surface area contributed by atoms with Crippen molar-refractivity contribution >= 4 is 22.9 Å². The van der Waals surface area contributed by atoms with E-state index in [2.05, 4.69) is 35.8 Å². The summed E-state index contributed by atoms with van der Waals surface area (Å²) in [7, 11) is 0. The van der Waals surface area contributed by atoms with Crippen LogP contribution in [0.15, 0.2) is 35.7 Å².